The number of fused-ring (bicyclic) bond motifs is 1. The van der Waals surface area contributed by atoms with Crippen molar-refractivity contribution in [2.24, 2.45) is 0 Å². The number of hydrogen-bond acceptors (Lipinski definition) is 3. The lowest BCUT2D eigenvalue weighted by molar-refractivity contribution is 0.414. The van der Waals surface area contributed by atoms with Gasteiger partial charge in [0.25, 0.3) is 0 Å². The molecule has 2 aromatic carbocycles. The highest BCUT2D eigenvalue weighted by Crippen LogP contribution is 2.28. The van der Waals surface area contributed by atoms with E-state index in [0.717, 1.165) is 16.8 Å². The molecule has 1 unspecified atom stereocenters. The van der Waals surface area contributed by atoms with Crippen molar-refractivity contribution in [2.45, 2.75) is 13.0 Å². The largest absolute Gasteiger partial charge is 0.497 e. The van der Waals surface area contributed by atoms with E-state index in [1.807, 2.05) is 36.4 Å². The van der Waals surface area contributed by atoms with Gasteiger partial charge in [-0.1, -0.05) is 24.3 Å². The van der Waals surface area contributed by atoms with Crippen molar-refractivity contribution < 1.29 is 4.74 Å². The van der Waals surface area contributed by atoms with Gasteiger partial charge >= 0.3 is 0 Å². The van der Waals surface area contributed by atoms with Crippen LogP contribution in [0.4, 0.5) is 5.95 Å². The third-order valence-electron chi connectivity index (χ3n) is 3.61. The van der Waals surface area contributed by atoms with E-state index in [0.29, 0.717) is 5.95 Å². The highest BCUT2D eigenvalue weighted by atomic mass is 16.5. The van der Waals surface area contributed by atoms with Gasteiger partial charge in [0.15, 0.2) is 0 Å². The van der Waals surface area contributed by atoms with Gasteiger partial charge in [0.1, 0.15) is 5.75 Å². The summed E-state index contributed by atoms with van der Waals surface area (Å²) in [5.74, 6) is 1.39. The van der Waals surface area contributed by atoms with Gasteiger partial charge in [-0.2, -0.15) is 0 Å². The lowest BCUT2D eigenvalue weighted by atomic mass is 10.1. The summed E-state index contributed by atoms with van der Waals surface area (Å²) in [6.45, 7) is 2.12. The number of anilines is 1. The minimum atomic E-state index is 0.119. The number of rotatable bonds is 3. The molecule has 0 aliphatic heterocycles. The van der Waals surface area contributed by atoms with Crippen molar-refractivity contribution >= 4 is 17.0 Å². The molecule has 1 atom stereocenters. The standard InChI is InChI=1S/C16H17N3O/c1-11(12-7-9-13(20-2)10-8-12)19-15-6-4-3-5-14(15)18-16(19)17/h3-11H,1-2H3,(H2,17,18). The average molecular weight is 267 g/mol. The van der Waals surface area contributed by atoms with E-state index in [2.05, 4.69) is 28.6 Å². The second kappa shape index (κ2) is 4.89. The molecule has 0 spiro atoms. The number of nitrogen functional groups attached to an aromatic ring is 1. The minimum Gasteiger partial charge on any atom is -0.497 e. The van der Waals surface area contributed by atoms with Gasteiger partial charge in [-0.05, 0) is 36.8 Å². The molecule has 0 saturated carbocycles. The maximum absolute atomic E-state index is 6.07. The molecule has 0 saturated heterocycles. The Morgan fingerprint density at radius 1 is 1.10 bits per heavy atom. The Kier molecular flexibility index (Phi) is 3.06. The number of benzene rings is 2. The van der Waals surface area contributed by atoms with Crippen LogP contribution < -0.4 is 10.5 Å². The first-order valence-electron chi connectivity index (χ1n) is 6.57. The fourth-order valence-electron chi connectivity index (χ4n) is 2.50. The van der Waals surface area contributed by atoms with Crippen molar-refractivity contribution in [1.82, 2.24) is 9.55 Å². The van der Waals surface area contributed by atoms with Crippen LogP contribution in [0, 0.1) is 0 Å². The Morgan fingerprint density at radius 2 is 1.80 bits per heavy atom. The van der Waals surface area contributed by atoms with Crippen LogP contribution in [0.15, 0.2) is 48.5 Å². The van der Waals surface area contributed by atoms with Crippen LogP contribution in [0.25, 0.3) is 11.0 Å². The second-order valence-electron chi connectivity index (χ2n) is 4.78. The Bertz CT molecular complexity index is 731. The van der Waals surface area contributed by atoms with Crippen LogP contribution in [0.3, 0.4) is 0 Å². The van der Waals surface area contributed by atoms with Crippen LogP contribution in [-0.4, -0.2) is 16.7 Å². The maximum Gasteiger partial charge on any atom is 0.201 e. The topological polar surface area (TPSA) is 53.1 Å². The molecule has 2 N–H and O–H groups in total. The quantitative estimate of drug-likeness (QED) is 0.792. The first-order valence-corrected chi connectivity index (χ1v) is 6.57. The molecule has 0 radical (unpaired) electrons. The van der Waals surface area contributed by atoms with E-state index in [1.54, 1.807) is 7.11 Å². The molecule has 0 bridgehead atoms. The number of hydrogen-bond donors (Lipinski definition) is 1. The van der Waals surface area contributed by atoms with Crippen LogP contribution in [0.1, 0.15) is 18.5 Å². The van der Waals surface area contributed by atoms with Gasteiger partial charge in [0.05, 0.1) is 24.2 Å². The van der Waals surface area contributed by atoms with Gasteiger partial charge in [-0.15, -0.1) is 0 Å². The molecule has 4 nitrogen and oxygen atoms in total. The SMILES string of the molecule is COc1ccc(C(C)n2c(N)nc3ccccc32)cc1. The summed E-state index contributed by atoms with van der Waals surface area (Å²) in [7, 11) is 1.67. The van der Waals surface area contributed by atoms with E-state index in [-0.39, 0.29) is 6.04 Å². The third kappa shape index (κ3) is 1.99. The maximum atomic E-state index is 6.07. The van der Waals surface area contributed by atoms with E-state index in [1.165, 1.54) is 5.56 Å². The molecule has 0 aliphatic carbocycles. The van der Waals surface area contributed by atoms with Gasteiger partial charge < -0.3 is 15.0 Å². The lowest BCUT2D eigenvalue weighted by Gasteiger charge is -2.16. The number of aromatic nitrogens is 2. The Morgan fingerprint density at radius 3 is 2.50 bits per heavy atom. The van der Waals surface area contributed by atoms with Crippen LogP contribution >= 0.6 is 0 Å². The van der Waals surface area contributed by atoms with E-state index in [4.69, 9.17) is 10.5 Å². The number of methoxy groups -OCH3 is 1. The van der Waals surface area contributed by atoms with Crippen molar-refractivity contribution in [2.75, 3.05) is 12.8 Å². The van der Waals surface area contributed by atoms with Crippen molar-refractivity contribution in [3.8, 4) is 5.75 Å². The van der Waals surface area contributed by atoms with Crippen molar-refractivity contribution in [3.63, 3.8) is 0 Å². The zero-order valence-corrected chi connectivity index (χ0v) is 11.6. The third-order valence-corrected chi connectivity index (χ3v) is 3.61. The molecule has 3 aromatic rings. The molecule has 1 heterocycles. The van der Waals surface area contributed by atoms with Gasteiger partial charge in [0.2, 0.25) is 5.95 Å². The summed E-state index contributed by atoms with van der Waals surface area (Å²) in [6.07, 6.45) is 0. The number of imidazole rings is 1. The smallest absolute Gasteiger partial charge is 0.201 e. The lowest BCUT2D eigenvalue weighted by Crippen LogP contribution is -2.10. The highest BCUT2D eigenvalue weighted by molar-refractivity contribution is 5.78. The van der Waals surface area contributed by atoms with Crippen LogP contribution in [0.2, 0.25) is 0 Å². The molecule has 102 valence electrons. The number of nitrogens with two attached hydrogens (primary N) is 1. The average Bonchev–Trinajstić information content (AvgIpc) is 2.82. The summed E-state index contributed by atoms with van der Waals surface area (Å²) < 4.78 is 7.24. The fourth-order valence-corrected chi connectivity index (χ4v) is 2.50. The van der Waals surface area contributed by atoms with Crippen LogP contribution in [0.5, 0.6) is 5.75 Å². The molecular weight excluding hydrogens is 250 g/mol. The van der Waals surface area contributed by atoms with Gasteiger partial charge in [0, 0.05) is 0 Å². The van der Waals surface area contributed by atoms with Crippen molar-refractivity contribution in [3.05, 3.63) is 54.1 Å². The zero-order valence-electron chi connectivity index (χ0n) is 11.6. The molecule has 3 rings (SSSR count). The minimum absolute atomic E-state index is 0.119. The summed E-state index contributed by atoms with van der Waals surface area (Å²) in [6, 6.07) is 16.1. The zero-order chi connectivity index (χ0) is 14.1. The van der Waals surface area contributed by atoms with E-state index >= 15 is 0 Å². The monoisotopic (exact) mass is 267 g/mol. The normalized spacial score (nSPS) is 12.5. The summed E-state index contributed by atoms with van der Waals surface area (Å²) in [5.41, 5.74) is 9.21. The molecule has 0 aliphatic rings. The summed E-state index contributed by atoms with van der Waals surface area (Å²) >= 11 is 0. The summed E-state index contributed by atoms with van der Waals surface area (Å²) in [4.78, 5) is 4.41. The molecule has 0 amide bonds. The highest BCUT2D eigenvalue weighted by Gasteiger charge is 2.15. The van der Waals surface area contributed by atoms with E-state index in [9.17, 15) is 0 Å². The predicted molar refractivity (Wildman–Crippen MR) is 81.0 cm³/mol. The summed E-state index contributed by atoms with van der Waals surface area (Å²) in [5, 5.41) is 0. The Balaban J connectivity index is 2.07. The molecule has 1 aromatic heterocycles. The number of para-hydroxylation sites is 2. The second-order valence-corrected chi connectivity index (χ2v) is 4.78. The van der Waals surface area contributed by atoms with E-state index < -0.39 is 0 Å². The first kappa shape index (κ1) is 12.5. The molecule has 20 heavy (non-hydrogen) atoms. The first-order chi connectivity index (χ1) is 9.70. The molecular formula is C16H17N3O. The molecule has 4 heteroatoms. The Labute approximate surface area is 117 Å². The number of nitrogens with zero attached hydrogens (tertiary/aromatic N) is 2. The fraction of sp³-hybridized carbons (Fsp3) is 0.188. The Hall–Kier alpha value is -2.49. The van der Waals surface area contributed by atoms with Crippen molar-refractivity contribution in [1.29, 1.82) is 0 Å². The van der Waals surface area contributed by atoms with Gasteiger partial charge in [-0.3, -0.25) is 0 Å². The number of ether oxygens (including phenoxy) is 1. The molecule has 0 fully saturated rings. The van der Waals surface area contributed by atoms with Gasteiger partial charge in [-0.25, -0.2) is 4.98 Å². The predicted octanol–water partition coefficient (Wildman–Crippen LogP) is 3.24. The van der Waals surface area contributed by atoms with Crippen LogP contribution in [-0.2, 0) is 0 Å².